The molecular formula is C11H12Br2O. The average molecular weight is 320 g/mol. The number of hydrogen-bond donors (Lipinski definition) is 0. The van der Waals surface area contributed by atoms with Crippen LogP contribution in [0.1, 0.15) is 31.1 Å². The van der Waals surface area contributed by atoms with Crippen molar-refractivity contribution >= 4 is 37.6 Å². The first-order chi connectivity index (χ1) is 6.32. The topological polar surface area (TPSA) is 17.1 Å². The van der Waals surface area contributed by atoms with E-state index in [9.17, 15) is 4.79 Å². The third-order valence-corrected chi connectivity index (χ3v) is 3.01. The van der Waals surface area contributed by atoms with E-state index >= 15 is 0 Å². The molecular weight excluding hydrogens is 308 g/mol. The van der Waals surface area contributed by atoms with Crippen LogP contribution in [0.3, 0.4) is 0 Å². The Balaban J connectivity index is 3.15. The van der Waals surface area contributed by atoms with Gasteiger partial charge >= 0.3 is 0 Å². The predicted octanol–water partition coefficient (Wildman–Crippen LogP) is 4.44. The van der Waals surface area contributed by atoms with Gasteiger partial charge in [0.15, 0.2) is 5.78 Å². The van der Waals surface area contributed by atoms with E-state index in [1.54, 1.807) is 0 Å². The van der Waals surface area contributed by atoms with Crippen molar-refractivity contribution in [3.63, 3.8) is 0 Å². The zero-order valence-corrected chi connectivity index (χ0v) is 11.6. The average Bonchev–Trinajstić information content (AvgIpc) is 2.01. The van der Waals surface area contributed by atoms with Crippen LogP contribution in [-0.4, -0.2) is 5.78 Å². The Kier molecular flexibility index (Phi) is 3.53. The van der Waals surface area contributed by atoms with Gasteiger partial charge in [-0.1, -0.05) is 52.6 Å². The van der Waals surface area contributed by atoms with Crippen LogP contribution in [0.2, 0.25) is 0 Å². The minimum absolute atomic E-state index is 0.150. The number of carbonyl (C=O) groups is 1. The first-order valence-corrected chi connectivity index (χ1v) is 5.91. The largest absolute Gasteiger partial charge is 0.294 e. The van der Waals surface area contributed by atoms with Crippen LogP contribution < -0.4 is 0 Å². The molecule has 1 aromatic rings. The predicted molar refractivity (Wildman–Crippen MR) is 65.6 cm³/mol. The van der Waals surface area contributed by atoms with Crippen molar-refractivity contribution in [1.29, 1.82) is 0 Å². The third kappa shape index (κ3) is 2.67. The van der Waals surface area contributed by atoms with Gasteiger partial charge < -0.3 is 0 Å². The maximum Gasteiger partial charge on any atom is 0.169 e. The lowest BCUT2D eigenvalue weighted by atomic mass is 9.87. The number of ketones is 1. The number of benzene rings is 1. The van der Waals surface area contributed by atoms with E-state index in [1.165, 1.54) is 0 Å². The summed E-state index contributed by atoms with van der Waals surface area (Å²) < 4.78 is 1.81. The first-order valence-electron chi connectivity index (χ1n) is 4.32. The summed E-state index contributed by atoms with van der Waals surface area (Å²) in [7, 11) is 0. The molecule has 1 nitrogen and oxygen atoms in total. The van der Waals surface area contributed by atoms with Crippen LogP contribution in [0.15, 0.2) is 27.1 Å². The summed E-state index contributed by atoms with van der Waals surface area (Å²) in [6.07, 6.45) is 0. The zero-order chi connectivity index (χ0) is 10.9. The lowest BCUT2D eigenvalue weighted by Crippen LogP contribution is -2.20. The van der Waals surface area contributed by atoms with Gasteiger partial charge in [0.1, 0.15) is 0 Å². The molecule has 0 radical (unpaired) electrons. The van der Waals surface area contributed by atoms with Crippen LogP contribution in [0.25, 0.3) is 0 Å². The summed E-state index contributed by atoms with van der Waals surface area (Å²) in [6, 6.07) is 5.60. The van der Waals surface area contributed by atoms with Crippen molar-refractivity contribution < 1.29 is 4.79 Å². The molecule has 1 rings (SSSR count). The van der Waals surface area contributed by atoms with Crippen LogP contribution in [0.5, 0.6) is 0 Å². The SMILES string of the molecule is CC(C)(C)C(=O)c1ccc(Br)cc1Br. The molecule has 14 heavy (non-hydrogen) atoms. The van der Waals surface area contributed by atoms with Crippen LogP contribution in [-0.2, 0) is 0 Å². The van der Waals surface area contributed by atoms with Gasteiger partial charge in [0.05, 0.1) is 0 Å². The van der Waals surface area contributed by atoms with Crippen molar-refractivity contribution in [2.45, 2.75) is 20.8 Å². The molecule has 0 aliphatic carbocycles. The summed E-state index contributed by atoms with van der Waals surface area (Å²) in [5.74, 6) is 0.150. The highest BCUT2D eigenvalue weighted by Gasteiger charge is 2.24. The van der Waals surface area contributed by atoms with E-state index in [4.69, 9.17) is 0 Å². The van der Waals surface area contributed by atoms with Crippen molar-refractivity contribution in [2.24, 2.45) is 5.41 Å². The standard InChI is InChI=1S/C11H12Br2O/c1-11(2,3)10(14)8-5-4-7(12)6-9(8)13/h4-6H,1-3H3. The summed E-state index contributed by atoms with van der Waals surface area (Å²) in [6.45, 7) is 5.76. The van der Waals surface area contributed by atoms with Gasteiger partial charge in [-0.3, -0.25) is 4.79 Å². The van der Waals surface area contributed by atoms with E-state index in [-0.39, 0.29) is 11.2 Å². The summed E-state index contributed by atoms with van der Waals surface area (Å²) in [4.78, 5) is 12.0. The highest BCUT2D eigenvalue weighted by atomic mass is 79.9. The zero-order valence-electron chi connectivity index (χ0n) is 8.40. The fourth-order valence-corrected chi connectivity index (χ4v) is 2.30. The Hall–Kier alpha value is -0.150. The van der Waals surface area contributed by atoms with Crippen LogP contribution in [0.4, 0.5) is 0 Å². The summed E-state index contributed by atoms with van der Waals surface area (Å²) in [5.41, 5.74) is 0.400. The Bertz CT molecular complexity index is 364. The van der Waals surface area contributed by atoms with E-state index in [1.807, 2.05) is 39.0 Å². The Morgan fingerprint density at radius 1 is 1.21 bits per heavy atom. The van der Waals surface area contributed by atoms with Crippen molar-refractivity contribution in [1.82, 2.24) is 0 Å². The van der Waals surface area contributed by atoms with E-state index in [0.29, 0.717) is 0 Å². The maximum atomic E-state index is 12.0. The first kappa shape index (κ1) is 11.9. The fraction of sp³-hybridized carbons (Fsp3) is 0.364. The second-order valence-corrected chi connectivity index (χ2v) is 5.97. The molecule has 0 fully saturated rings. The molecule has 0 N–H and O–H groups in total. The van der Waals surface area contributed by atoms with Gasteiger partial charge in [0, 0.05) is 19.9 Å². The minimum Gasteiger partial charge on any atom is -0.294 e. The molecule has 0 spiro atoms. The molecule has 0 aromatic heterocycles. The smallest absolute Gasteiger partial charge is 0.169 e. The molecule has 0 saturated carbocycles. The van der Waals surface area contributed by atoms with E-state index in [2.05, 4.69) is 31.9 Å². The molecule has 76 valence electrons. The normalized spacial score (nSPS) is 11.5. The summed E-state index contributed by atoms with van der Waals surface area (Å²) in [5, 5.41) is 0. The summed E-state index contributed by atoms with van der Waals surface area (Å²) >= 11 is 6.74. The Labute approximate surface area is 101 Å². The monoisotopic (exact) mass is 318 g/mol. The van der Waals surface area contributed by atoms with Gasteiger partial charge in [-0.05, 0) is 18.2 Å². The fourth-order valence-electron chi connectivity index (χ4n) is 1.08. The Morgan fingerprint density at radius 3 is 2.21 bits per heavy atom. The molecule has 0 unspecified atom stereocenters. The molecule has 0 aliphatic rings. The van der Waals surface area contributed by atoms with Gasteiger partial charge in [-0.15, -0.1) is 0 Å². The van der Waals surface area contributed by atoms with Crippen molar-refractivity contribution in [2.75, 3.05) is 0 Å². The molecule has 1 aromatic carbocycles. The Morgan fingerprint density at radius 2 is 1.79 bits per heavy atom. The second kappa shape index (κ2) is 4.15. The van der Waals surface area contributed by atoms with Gasteiger partial charge in [0.25, 0.3) is 0 Å². The molecule has 0 aliphatic heterocycles. The van der Waals surface area contributed by atoms with Crippen molar-refractivity contribution in [3.05, 3.63) is 32.7 Å². The second-order valence-electron chi connectivity index (χ2n) is 4.20. The van der Waals surface area contributed by atoms with E-state index in [0.717, 1.165) is 14.5 Å². The number of rotatable bonds is 1. The molecule has 0 atom stereocenters. The quantitative estimate of drug-likeness (QED) is 0.699. The molecule has 0 heterocycles. The lowest BCUT2D eigenvalue weighted by Gasteiger charge is -2.17. The number of hydrogen-bond acceptors (Lipinski definition) is 1. The lowest BCUT2D eigenvalue weighted by molar-refractivity contribution is 0.0857. The molecule has 0 amide bonds. The number of Topliss-reactive ketones (excluding diaryl/α,β-unsaturated/α-hetero) is 1. The third-order valence-electron chi connectivity index (χ3n) is 1.86. The minimum atomic E-state index is -0.337. The molecule has 0 saturated heterocycles. The van der Waals surface area contributed by atoms with Crippen LogP contribution >= 0.6 is 31.9 Å². The highest BCUT2D eigenvalue weighted by Crippen LogP contribution is 2.28. The number of halogens is 2. The van der Waals surface area contributed by atoms with Crippen molar-refractivity contribution in [3.8, 4) is 0 Å². The maximum absolute atomic E-state index is 12.0. The number of carbonyl (C=O) groups excluding carboxylic acids is 1. The molecule has 0 bridgehead atoms. The van der Waals surface area contributed by atoms with E-state index < -0.39 is 0 Å². The van der Waals surface area contributed by atoms with Crippen LogP contribution in [0, 0.1) is 5.41 Å². The molecule has 3 heteroatoms. The van der Waals surface area contributed by atoms with Gasteiger partial charge in [0.2, 0.25) is 0 Å². The van der Waals surface area contributed by atoms with Gasteiger partial charge in [-0.2, -0.15) is 0 Å². The van der Waals surface area contributed by atoms with Gasteiger partial charge in [-0.25, -0.2) is 0 Å². The highest BCUT2D eigenvalue weighted by molar-refractivity contribution is 9.11.